The van der Waals surface area contributed by atoms with Crippen LogP contribution in [0.15, 0.2) is 24.3 Å². The molecule has 6 nitrogen and oxygen atoms in total. The number of hydrogen-bond donors (Lipinski definition) is 3. The molecule has 3 atom stereocenters. The van der Waals surface area contributed by atoms with Crippen molar-refractivity contribution >= 4 is 6.09 Å². The summed E-state index contributed by atoms with van der Waals surface area (Å²) in [5, 5.41) is 23.2. The van der Waals surface area contributed by atoms with Crippen molar-refractivity contribution in [1.82, 2.24) is 5.32 Å². The summed E-state index contributed by atoms with van der Waals surface area (Å²) in [5.41, 5.74) is -0.0870. The van der Waals surface area contributed by atoms with Crippen LogP contribution in [0.4, 0.5) is 4.79 Å². The molecule has 0 fully saturated rings. The Morgan fingerprint density at radius 3 is 2.22 bits per heavy atom. The average molecular weight is 325 g/mol. The molecule has 0 spiro atoms. The standard InChI is InChI=1S/C17H27NO5/c1-6-13(19)14(18-16(21)23-17(2,3)4)15(20)11-7-9-12(22-5)10-8-11/h7-10,13-15,19-20H,6H2,1-5H3,(H,18,21). The van der Waals surface area contributed by atoms with Crippen LogP contribution in [0.3, 0.4) is 0 Å². The third-order valence-corrected chi connectivity index (χ3v) is 3.31. The number of aliphatic hydroxyl groups excluding tert-OH is 2. The van der Waals surface area contributed by atoms with Crippen LogP contribution in [0.25, 0.3) is 0 Å². The third kappa shape index (κ3) is 6.08. The van der Waals surface area contributed by atoms with Crippen molar-refractivity contribution in [2.45, 2.75) is 58.0 Å². The van der Waals surface area contributed by atoms with Crippen LogP contribution in [0.5, 0.6) is 5.75 Å². The number of ether oxygens (including phenoxy) is 2. The van der Waals surface area contributed by atoms with Gasteiger partial charge in [0, 0.05) is 0 Å². The summed E-state index contributed by atoms with van der Waals surface area (Å²) in [6, 6.07) is 5.93. The quantitative estimate of drug-likeness (QED) is 0.747. The second-order valence-corrected chi connectivity index (χ2v) is 6.37. The molecule has 0 bridgehead atoms. The normalized spacial score (nSPS) is 15.4. The molecular weight excluding hydrogens is 298 g/mol. The van der Waals surface area contributed by atoms with E-state index in [-0.39, 0.29) is 0 Å². The van der Waals surface area contributed by atoms with Crippen molar-refractivity contribution in [2.24, 2.45) is 0 Å². The second kappa shape index (κ2) is 8.17. The lowest BCUT2D eigenvalue weighted by Crippen LogP contribution is -2.48. The molecule has 0 aliphatic rings. The number of carbonyl (C=O) groups is 1. The zero-order chi connectivity index (χ0) is 17.6. The van der Waals surface area contributed by atoms with E-state index in [2.05, 4.69) is 5.32 Å². The maximum atomic E-state index is 12.0. The summed E-state index contributed by atoms with van der Waals surface area (Å²) in [4.78, 5) is 12.0. The van der Waals surface area contributed by atoms with Crippen LogP contribution in [-0.4, -0.2) is 41.2 Å². The van der Waals surface area contributed by atoms with Crippen LogP contribution < -0.4 is 10.1 Å². The fraction of sp³-hybridized carbons (Fsp3) is 0.588. The third-order valence-electron chi connectivity index (χ3n) is 3.31. The Morgan fingerprint density at radius 1 is 1.22 bits per heavy atom. The fourth-order valence-electron chi connectivity index (χ4n) is 2.09. The van der Waals surface area contributed by atoms with E-state index >= 15 is 0 Å². The SMILES string of the molecule is CCC(O)C(NC(=O)OC(C)(C)C)C(O)c1ccc(OC)cc1. The Morgan fingerprint density at radius 2 is 1.78 bits per heavy atom. The monoisotopic (exact) mass is 325 g/mol. The first-order valence-corrected chi connectivity index (χ1v) is 7.67. The van der Waals surface area contributed by atoms with Gasteiger partial charge >= 0.3 is 6.09 Å². The topological polar surface area (TPSA) is 88.0 Å². The highest BCUT2D eigenvalue weighted by molar-refractivity contribution is 5.68. The van der Waals surface area contributed by atoms with E-state index in [4.69, 9.17) is 9.47 Å². The molecule has 0 heterocycles. The molecule has 3 unspecified atom stereocenters. The largest absolute Gasteiger partial charge is 0.497 e. The summed E-state index contributed by atoms with van der Waals surface area (Å²) in [6.45, 7) is 7.02. The van der Waals surface area contributed by atoms with Gasteiger partial charge in [-0.15, -0.1) is 0 Å². The fourth-order valence-corrected chi connectivity index (χ4v) is 2.09. The molecule has 6 heteroatoms. The van der Waals surface area contributed by atoms with Gasteiger partial charge in [-0.1, -0.05) is 19.1 Å². The van der Waals surface area contributed by atoms with E-state index in [1.807, 2.05) is 0 Å². The van der Waals surface area contributed by atoms with Crippen molar-refractivity contribution in [1.29, 1.82) is 0 Å². The van der Waals surface area contributed by atoms with Crippen molar-refractivity contribution in [3.63, 3.8) is 0 Å². The predicted molar refractivity (Wildman–Crippen MR) is 87.4 cm³/mol. The number of amides is 1. The van der Waals surface area contributed by atoms with Crippen LogP contribution in [0.2, 0.25) is 0 Å². The van der Waals surface area contributed by atoms with E-state index in [1.54, 1.807) is 59.1 Å². The molecule has 3 N–H and O–H groups in total. The summed E-state index contributed by atoms with van der Waals surface area (Å²) >= 11 is 0. The molecule has 0 radical (unpaired) electrons. The number of benzene rings is 1. The van der Waals surface area contributed by atoms with Gasteiger partial charge < -0.3 is 25.0 Å². The number of nitrogens with one attached hydrogen (secondary N) is 1. The van der Waals surface area contributed by atoms with Gasteiger partial charge in [-0.2, -0.15) is 0 Å². The zero-order valence-corrected chi connectivity index (χ0v) is 14.4. The van der Waals surface area contributed by atoms with E-state index in [0.717, 1.165) is 0 Å². The summed E-state index contributed by atoms with van der Waals surface area (Å²) in [5.74, 6) is 0.661. The van der Waals surface area contributed by atoms with Crippen molar-refractivity contribution in [2.75, 3.05) is 7.11 Å². The molecule has 0 aromatic heterocycles. The number of rotatable bonds is 6. The Kier molecular flexibility index (Phi) is 6.84. The van der Waals surface area contributed by atoms with Gasteiger partial charge in [0.15, 0.2) is 0 Å². The second-order valence-electron chi connectivity index (χ2n) is 6.37. The molecule has 0 saturated carbocycles. The molecule has 1 amide bonds. The minimum absolute atomic E-state index is 0.383. The maximum Gasteiger partial charge on any atom is 0.408 e. The molecule has 1 rings (SSSR count). The molecular formula is C17H27NO5. The Labute approximate surface area is 137 Å². The van der Waals surface area contributed by atoms with Gasteiger partial charge in [-0.05, 0) is 44.9 Å². The lowest BCUT2D eigenvalue weighted by molar-refractivity contribution is 0.0131. The highest BCUT2D eigenvalue weighted by Gasteiger charge is 2.30. The average Bonchev–Trinajstić information content (AvgIpc) is 2.49. The van der Waals surface area contributed by atoms with Gasteiger partial charge in [0.2, 0.25) is 0 Å². The minimum Gasteiger partial charge on any atom is -0.497 e. The zero-order valence-electron chi connectivity index (χ0n) is 14.4. The maximum absolute atomic E-state index is 12.0. The van der Waals surface area contributed by atoms with E-state index in [9.17, 15) is 15.0 Å². The van der Waals surface area contributed by atoms with Crippen LogP contribution in [0.1, 0.15) is 45.8 Å². The molecule has 0 saturated heterocycles. The summed E-state index contributed by atoms with van der Waals surface area (Å²) in [6.07, 6.45) is -2.27. The molecule has 0 aliphatic carbocycles. The van der Waals surface area contributed by atoms with Crippen LogP contribution in [0, 0.1) is 0 Å². The van der Waals surface area contributed by atoms with Gasteiger partial charge in [-0.25, -0.2) is 4.79 Å². The molecule has 1 aromatic carbocycles. The molecule has 0 aliphatic heterocycles. The number of hydrogen-bond acceptors (Lipinski definition) is 5. The van der Waals surface area contributed by atoms with E-state index < -0.39 is 29.9 Å². The number of aliphatic hydroxyl groups is 2. The number of carbonyl (C=O) groups excluding carboxylic acids is 1. The van der Waals surface area contributed by atoms with Gasteiger partial charge in [-0.3, -0.25) is 0 Å². The minimum atomic E-state index is -1.07. The van der Waals surface area contributed by atoms with E-state index in [0.29, 0.717) is 17.7 Å². The van der Waals surface area contributed by atoms with Crippen molar-refractivity contribution in [3.8, 4) is 5.75 Å². The van der Waals surface area contributed by atoms with E-state index in [1.165, 1.54) is 0 Å². The van der Waals surface area contributed by atoms with Gasteiger partial charge in [0.25, 0.3) is 0 Å². The highest BCUT2D eigenvalue weighted by Crippen LogP contribution is 2.23. The summed E-state index contributed by atoms with van der Waals surface area (Å²) in [7, 11) is 1.55. The van der Waals surface area contributed by atoms with Crippen LogP contribution in [-0.2, 0) is 4.74 Å². The van der Waals surface area contributed by atoms with Crippen LogP contribution >= 0.6 is 0 Å². The first-order valence-electron chi connectivity index (χ1n) is 7.67. The molecule has 130 valence electrons. The Bertz CT molecular complexity index is 495. The van der Waals surface area contributed by atoms with Gasteiger partial charge in [0.1, 0.15) is 17.5 Å². The molecule has 1 aromatic rings. The lowest BCUT2D eigenvalue weighted by atomic mass is 9.96. The molecule has 23 heavy (non-hydrogen) atoms. The van der Waals surface area contributed by atoms with Crippen molar-refractivity contribution < 1.29 is 24.5 Å². The van der Waals surface area contributed by atoms with Gasteiger partial charge in [0.05, 0.1) is 19.3 Å². The predicted octanol–water partition coefficient (Wildman–Crippen LogP) is 2.39. The highest BCUT2D eigenvalue weighted by atomic mass is 16.6. The Hall–Kier alpha value is -1.79. The number of methoxy groups -OCH3 is 1. The summed E-state index contributed by atoms with van der Waals surface area (Å²) < 4.78 is 10.3. The smallest absolute Gasteiger partial charge is 0.408 e. The van der Waals surface area contributed by atoms with Crippen molar-refractivity contribution in [3.05, 3.63) is 29.8 Å². The first-order chi connectivity index (χ1) is 10.7. The number of alkyl carbamates (subject to hydrolysis) is 1. The first kappa shape index (κ1) is 19.3. The lowest BCUT2D eigenvalue weighted by Gasteiger charge is -2.29. The Balaban J connectivity index is 2.89.